The molecule has 0 radical (unpaired) electrons. The quantitative estimate of drug-likeness (QED) is 0.539. The summed E-state index contributed by atoms with van der Waals surface area (Å²) in [5.41, 5.74) is 5.51. The second-order valence-electron chi connectivity index (χ2n) is 2.01. The third-order valence-electron chi connectivity index (χ3n) is 1.26. The van der Waals surface area contributed by atoms with Gasteiger partial charge >= 0.3 is 5.97 Å². The molecule has 1 aromatic carbocycles. The van der Waals surface area contributed by atoms with Crippen molar-refractivity contribution in [2.45, 2.75) is 0 Å². The molecule has 0 fully saturated rings. The van der Waals surface area contributed by atoms with E-state index in [1.54, 1.807) is 6.07 Å². The lowest BCUT2D eigenvalue weighted by Gasteiger charge is -2.00. The zero-order chi connectivity index (χ0) is 10.4. The Bertz CT molecular complexity index is 292. The van der Waals surface area contributed by atoms with Crippen molar-refractivity contribution >= 4 is 23.3 Å². The van der Waals surface area contributed by atoms with Crippen LogP contribution in [0.15, 0.2) is 31.4 Å². The normalized spacial score (nSPS) is 8.38. The van der Waals surface area contributed by atoms with Crippen molar-refractivity contribution in [2.75, 3.05) is 5.73 Å². The molecule has 0 unspecified atom stereocenters. The summed E-state index contributed by atoms with van der Waals surface area (Å²) in [5, 5.41) is 8.75. The molecule has 0 aliphatic rings. The van der Waals surface area contributed by atoms with Crippen molar-refractivity contribution in [1.82, 2.24) is 0 Å². The van der Waals surface area contributed by atoms with Gasteiger partial charge in [0.25, 0.3) is 0 Å². The topological polar surface area (TPSA) is 63.3 Å². The van der Waals surface area contributed by atoms with Crippen molar-refractivity contribution in [3.8, 4) is 0 Å². The molecule has 13 heavy (non-hydrogen) atoms. The lowest BCUT2D eigenvalue weighted by molar-refractivity contribution is 0.0698. The summed E-state index contributed by atoms with van der Waals surface area (Å²) >= 11 is 5.56. The Morgan fingerprint density at radius 3 is 2.31 bits per heavy atom. The number of anilines is 1. The van der Waals surface area contributed by atoms with Crippen LogP contribution in [0.2, 0.25) is 5.02 Å². The van der Waals surface area contributed by atoms with E-state index in [0.717, 1.165) is 0 Å². The van der Waals surface area contributed by atoms with Crippen molar-refractivity contribution in [1.29, 1.82) is 0 Å². The number of carboxylic acid groups (broad SMARTS) is 1. The SMILES string of the molecule is C=C.Nc1cccc(Cl)c1C(=O)O. The summed E-state index contributed by atoms with van der Waals surface area (Å²) in [6.07, 6.45) is 0. The molecule has 3 N–H and O–H groups in total. The summed E-state index contributed by atoms with van der Waals surface area (Å²) in [6, 6.07) is 4.58. The third kappa shape index (κ3) is 2.80. The molecule has 3 nitrogen and oxygen atoms in total. The van der Waals surface area contributed by atoms with Gasteiger partial charge in [0.2, 0.25) is 0 Å². The fraction of sp³-hybridized carbons (Fsp3) is 0. The van der Waals surface area contributed by atoms with Crippen LogP contribution in [0.25, 0.3) is 0 Å². The molecule has 0 bridgehead atoms. The number of nitrogen functional groups attached to an aromatic ring is 1. The van der Waals surface area contributed by atoms with Gasteiger partial charge in [-0.25, -0.2) is 4.79 Å². The van der Waals surface area contributed by atoms with Crippen LogP contribution in [-0.2, 0) is 0 Å². The van der Waals surface area contributed by atoms with E-state index in [4.69, 9.17) is 22.4 Å². The van der Waals surface area contributed by atoms with Gasteiger partial charge in [-0.3, -0.25) is 0 Å². The lowest BCUT2D eigenvalue weighted by Crippen LogP contribution is -2.02. The number of hydrogen-bond acceptors (Lipinski definition) is 2. The van der Waals surface area contributed by atoms with Gasteiger partial charge in [0.15, 0.2) is 0 Å². The van der Waals surface area contributed by atoms with Crippen LogP contribution in [0.3, 0.4) is 0 Å². The van der Waals surface area contributed by atoms with Gasteiger partial charge in [-0.15, -0.1) is 13.2 Å². The number of nitrogens with two attached hydrogens (primary N) is 1. The molecular weight excluding hydrogens is 190 g/mol. The molecule has 1 aromatic rings. The van der Waals surface area contributed by atoms with E-state index in [2.05, 4.69) is 13.2 Å². The summed E-state index contributed by atoms with van der Waals surface area (Å²) in [6.45, 7) is 6.00. The summed E-state index contributed by atoms with van der Waals surface area (Å²) in [4.78, 5) is 10.5. The van der Waals surface area contributed by atoms with Gasteiger partial charge in [-0.2, -0.15) is 0 Å². The van der Waals surface area contributed by atoms with Gasteiger partial charge in [0.05, 0.1) is 5.02 Å². The van der Waals surface area contributed by atoms with E-state index in [9.17, 15) is 4.79 Å². The molecule has 4 heteroatoms. The molecule has 0 heterocycles. The van der Waals surface area contributed by atoms with Gasteiger partial charge in [0.1, 0.15) is 5.56 Å². The fourth-order valence-electron chi connectivity index (χ4n) is 0.766. The fourth-order valence-corrected chi connectivity index (χ4v) is 1.03. The zero-order valence-electron chi connectivity index (χ0n) is 6.96. The number of aromatic carboxylic acids is 1. The van der Waals surface area contributed by atoms with E-state index in [0.29, 0.717) is 0 Å². The summed E-state index contributed by atoms with van der Waals surface area (Å²) in [5.74, 6) is -1.10. The van der Waals surface area contributed by atoms with Gasteiger partial charge in [-0.05, 0) is 12.1 Å². The molecule has 0 aliphatic heterocycles. The van der Waals surface area contributed by atoms with Crippen molar-refractivity contribution in [2.24, 2.45) is 0 Å². The largest absolute Gasteiger partial charge is 0.478 e. The summed E-state index contributed by atoms with van der Waals surface area (Å²) < 4.78 is 0. The highest BCUT2D eigenvalue weighted by atomic mass is 35.5. The smallest absolute Gasteiger partial charge is 0.339 e. The predicted molar refractivity (Wildman–Crippen MR) is 54.1 cm³/mol. The number of halogens is 1. The van der Waals surface area contributed by atoms with E-state index in [1.165, 1.54) is 12.1 Å². The molecule has 0 aromatic heterocycles. The van der Waals surface area contributed by atoms with E-state index in [-0.39, 0.29) is 16.3 Å². The first-order chi connectivity index (χ1) is 6.13. The highest BCUT2D eigenvalue weighted by Gasteiger charge is 2.10. The molecule has 0 aliphatic carbocycles. The monoisotopic (exact) mass is 199 g/mol. The lowest BCUT2D eigenvalue weighted by atomic mass is 10.2. The Hall–Kier alpha value is -1.48. The molecule has 1 rings (SSSR count). The van der Waals surface area contributed by atoms with Crippen LogP contribution in [-0.4, -0.2) is 11.1 Å². The second kappa shape index (κ2) is 5.22. The van der Waals surface area contributed by atoms with Crippen LogP contribution in [0.4, 0.5) is 5.69 Å². The minimum absolute atomic E-state index is 0.0332. The Balaban J connectivity index is 0.000000671. The maximum Gasteiger partial charge on any atom is 0.339 e. The number of carboxylic acids is 1. The standard InChI is InChI=1S/C7H6ClNO2.C2H4/c8-4-2-1-3-5(9)6(4)7(10)11;1-2/h1-3H,9H2,(H,10,11);1-2H2. The average molecular weight is 200 g/mol. The third-order valence-corrected chi connectivity index (χ3v) is 1.57. The first kappa shape index (κ1) is 11.5. The number of hydrogen-bond donors (Lipinski definition) is 2. The van der Waals surface area contributed by atoms with Crippen molar-refractivity contribution in [3.63, 3.8) is 0 Å². The minimum atomic E-state index is -1.10. The average Bonchev–Trinajstić information content (AvgIpc) is 2.07. The van der Waals surface area contributed by atoms with Crippen LogP contribution in [0.5, 0.6) is 0 Å². The van der Waals surface area contributed by atoms with Gasteiger partial charge in [-0.1, -0.05) is 17.7 Å². The summed E-state index contributed by atoms with van der Waals surface area (Å²) in [7, 11) is 0. The molecule has 0 amide bonds. The maximum atomic E-state index is 10.5. The van der Waals surface area contributed by atoms with Crippen LogP contribution < -0.4 is 5.73 Å². The highest BCUT2D eigenvalue weighted by Crippen LogP contribution is 2.21. The van der Waals surface area contributed by atoms with Crippen LogP contribution in [0, 0.1) is 0 Å². The number of benzene rings is 1. The maximum absolute atomic E-state index is 10.5. The molecule has 0 saturated carbocycles. The highest BCUT2D eigenvalue weighted by molar-refractivity contribution is 6.34. The number of rotatable bonds is 1. The Morgan fingerprint density at radius 1 is 1.46 bits per heavy atom. The van der Waals surface area contributed by atoms with Gasteiger partial charge < -0.3 is 10.8 Å². The Labute approximate surface area is 81.4 Å². The first-order valence-electron chi connectivity index (χ1n) is 3.40. The zero-order valence-corrected chi connectivity index (χ0v) is 7.71. The predicted octanol–water partition coefficient (Wildman–Crippen LogP) is 2.42. The Kier molecular flexibility index (Phi) is 4.62. The van der Waals surface area contributed by atoms with Gasteiger partial charge in [0, 0.05) is 5.69 Å². The van der Waals surface area contributed by atoms with E-state index in [1.807, 2.05) is 0 Å². The van der Waals surface area contributed by atoms with Crippen LogP contribution >= 0.6 is 11.6 Å². The van der Waals surface area contributed by atoms with Crippen LogP contribution in [0.1, 0.15) is 10.4 Å². The number of carbonyl (C=O) groups is 1. The first-order valence-corrected chi connectivity index (χ1v) is 3.78. The minimum Gasteiger partial charge on any atom is -0.478 e. The van der Waals surface area contributed by atoms with Crippen molar-refractivity contribution in [3.05, 3.63) is 41.9 Å². The van der Waals surface area contributed by atoms with E-state index >= 15 is 0 Å². The molecule has 0 saturated heterocycles. The van der Waals surface area contributed by atoms with E-state index < -0.39 is 5.97 Å². The van der Waals surface area contributed by atoms with Crippen molar-refractivity contribution < 1.29 is 9.90 Å². The Morgan fingerprint density at radius 2 is 2.00 bits per heavy atom. The molecule has 0 atom stereocenters. The molecule has 70 valence electrons. The molecular formula is C9H10ClNO2. The molecule has 0 spiro atoms. The second-order valence-corrected chi connectivity index (χ2v) is 2.42.